The smallest absolute Gasteiger partial charge is 0.242 e. The number of carbonyl (C=O) groups is 2. The molecule has 0 aromatic rings. The molecule has 4 nitrogen and oxygen atoms in total. The van der Waals surface area contributed by atoms with Crippen LogP contribution in [0.15, 0.2) is 0 Å². The maximum absolute atomic E-state index is 11.5. The van der Waals surface area contributed by atoms with Gasteiger partial charge in [-0.15, -0.1) is 0 Å². The third kappa shape index (κ3) is 5.40. The SMILES string of the molecule is CNC(=O)[C@H](CC(C)C)NC(=O)C(C)C. The summed E-state index contributed by atoms with van der Waals surface area (Å²) in [7, 11) is 1.58. The van der Waals surface area contributed by atoms with Crippen LogP contribution >= 0.6 is 0 Å². The molecular weight excluding hydrogens is 192 g/mol. The summed E-state index contributed by atoms with van der Waals surface area (Å²) in [6, 6.07) is -0.412. The van der Waals surface area contributed by atoms with Crippen molar-refractivity contribution in [2.45, 2.75) is 40.2 Å². The molecule has 0 saturated heterocycles. The van der Waals surface area contributed by atoms with Crippen molar-refractivity contribution in [2.75, 3.05) is 7.05 Å². The van der Waals surface area contributed by atoms with Gasteiger partial charge in [0, 0.05) is 13.0 Å². The molecule has 0 unspecified atom stereocenters. The molecule has 1 atom stereocenters. The molecule has 2 amide bonds. The van der Waals surface area contributed by atoms with Crippen molar-refractivity contribution in [1.29, 1.82) is 0 Å². The van der Waals surface area contributed by atoms with Gasteiger partial charge in [0.05, 0.1) is 0 Å². The van der Waals surface area contributed by atoms with Crippen molar-refractivity contribution in [2.24, 2.45) is 11.8 Å². The summed E-state index contributed by atoms with van der Waals surface area (Å²) in [4.78, 5) is 22.9. The van der Waals surface area contributed by atoms with E-state index in [0.29, 0.717) is 12.3 Å². The van der Waals surface area contributed by atoms with Gasteiger partial charge >= 0.3 is 0 Å². The van der Waals surface area contributed by atoms with E-state index in [9.17, 15) is 9.59 Å². The van der Waals surface area contributed by atoms with E-state index in [-0.39, 0.29) is 17.7 Å². The molecule has 0 saturated carbocycles. The molecule has 0 aromatic heterocycles. The number of likely N-dealkylation sites (N-methyl/N-ethyl adjacent to an activating group) is 1. The standard InChI is InChI=1S/C11H22N2O2/c1-7(2)6-9(11(15)12-5)13-10(14)8(3)4/h7-9H,6H2,1-5H3,(H,12,15)(H,13,14)/t9-/m0/s1. The predicted molar refractivity (Wildman–Crippen MR) is 60.3 cm³/mol. The fourth-order valence-electron chi connectivity index (χ4n) is 1.22. The van der Waals surface area contributed by atoms with Gasteiger partial charge in [-0.1, -0.05) is 27.7 Å². The van der Waals surface area contributed by atoms with Crippen LogP contribution in [0.3, 0.4) is 0 Å². The lowest BCUT2D eigenvalue weighted by molar-refractivity contribution is -0.130. The minimum atomic E-state index is -0.412. The van der Waals surface area contributed by atoms with Gasteiger partial charge < -0.3 is 10.6 Å². The van der Waals surface area contributed by atoms with Crippen LogP contribution in [0.5, 0.6) is 0 Å². The van der Waals surface area contributed by atoms with Crippen LogP contribution in [-0.2, 0) is 9.59 Å². The summed E-state index contributed by atoms with van der Waals surface area (Å²) in [5.74, 6) is 0.0750. The Morgan fingerprint density at radius 3 is 1.93 bits per heavy atom. The first kappa shape index (κ1) is 13.9. The second kappa shape index (κ2) is 6.43. The van der Waals surface area contributed by atoms with Crippen LogP contribution in [0.1, 0.15) is 34.1 Å². The topological polar surface area (TPSA) is 58.2 Å². The zero-order valence-corrected chi connectivity index (χ0v) is 10.3. The first-order chi connectivity index (χ1) is 6.88. The maximum atomic E-state index is 11.5. The molecule has 0 aliphatic carbocycles. The molecule has 15 heavy (non-hydrogen) atoms. The van der Waals surface area contributed by atoms with Crippen LogP contribution < -0.4 is 10.6 Å². The van der Waals surface area contributed by atoms with E-state index in [0.717, 1.165) is 0 Å². The Bertz CT molecular complexity index is 225. The van der Waals surface area contributed by atoms with E-state index < -0.39 is 6.04 Å². The van der Waals surface area contributed by atoms with Crippen molar-refractivity contribution >= 4 is 11.8 Å². The molecule has 0 aliphatic rings. The number of hydrogen-bond donors (Lipinski definition) is 2. The van der Waals surface area contributed by atoms with Gasteiger partial charge in [-0.05, 0) is 12.3 Å². The van der Waals surface area contributed by atoms with Crippen LogP contribution in [0.4, 0.5) is 0 Å². The minimum Gasteiger partial charge on any atom is -0.357 e. The quantitative estimate of drug-likeness (QED) is 0.715. The van der Waals surface area contributed by atoms with Crippen molar-refractivity contribution in [3.8, 4) is 0 Å². The van der Waals surface area contributed by atoms with Gasteiger partial charge in [-0.3, -0.25) is 9.59 Å². The highest BCUT2D eigenvalue weighted by atomic mass is 16.2. The van der Waals surface area contributed by atoms with Gasteiger partial charge in [0.2, 0.25) is 11.8 Å². The van der Waals surface area contributed by atoms with E-state index in [1.165, 1.54) is 0 Å². The molecule has 2 N–H and O–H groups in total. The summed E-state index contributed by atoms with van der Waals surface area (Å²) in [6.07, 6.45) is 0.665. The van der Waals surface area contributed by atoms with E-state index in [2.05, 4.69) is 10.6 Å². The highest BCUT2D eigenvalue weighted by Gasteiger charge is 2.21. The molecule has 0 radical (unpaired) electrons. The fraction of sp³-hybridized carbons (Fsp3) is 0.818. The molecule has 88 valence electrons. The lowest BCUT2D eigenvalue weighted by Gasteiger charge is -2.20. The number of nitrogens with one attached hydrogen (secondary N) is 2. The summed E-state index contributed by atoms with van der Waals surface area (Å²) >= 11 is 0. The summed E-state index contributed by atoms with van der Waals surface area (Å²) < 4.78 is 0. The Kier molecular flexibility index (Phi) is 5.97. The van der Waals surface area contributed by atoms with Gasteiger partial charge in [0.25, 0.3) is 0 Å². The van der Waals surface area contributed by atoms with E-state index in [1.807, 2.05) is 27.7 Å². The van der Waals surface area contributed by atoms with Crippen LogP contribution in [0, 0.1) is 11.8 Å². The maximum Gasteiger partial charge on any atom is 0.242 e. The lowest BCUT2D eigenvalue weighted by Crippen LogP contribution is -2.47. The molecule has 0 aromatic carbocycles. The Labute approximate surface area is 91.8 Å². The Hall–Kier alpha value is -1.06. The second-order valence-corrected chi connectivity index (χ2v) is 4.46. The zero-order valence-electron chi connectivity index (χ0n) is 10.3. The predicted octanol–water partition coefficient (Wildman–Crippen LogP) is 0.919. The monoisotopic (exact) mass is 214 g/mol. The van der Waals surface area contributed by atoms with Crippen LogP contribution in [0.2, 0.25) is 0 Å². The average Bonchev–Trinajstić information content (AvgIpc) is 2.14. The Balaban J connectivity index is 4.37. The lowest BCUT2D eigenvalue weighted by atomic mass is 10.0. The van der Waals surface area contributed by atoms with Crippen molar-refractivity contribution < 1.29 is 9.59 Å². The van der Waals surface area contributed by atoms with E-state index >= 15 is 0 Å². The number of amides is 2. The van der Waals surface area contributed by atoms with E-state index in [1.54, 1.807) is 7.05 Å². The fourth-order valence-corrected chi connectivity index (χ4v) is 1.22. The Morgan fingerprint density at radius 1 is 1.07 bits per heavy atom. The first-order valence-corrected chi connectivity index (χ1v) is 5.40. The normalized spacial score (nSPS) is 12.7. The van der Waals surface area contributed by atoms with Gasteiger partial charge in [-0.25, -0.2) is 0 Å². The Morgan fingerprint density at radius 2 is 1.60 bits per heavy atom. The summed E-state index contributed by atoms with van der Waals surface area (Å²) in [6.45, 7) is 7.67. The van der Waals surface area contributed by atoms with Crippen molar-refractivity contribution in [3.05, 3.63) is 0 Å². The number of carbonyl (C=O) groups excluding carboxylic acids is 2. The molecular formula is C11H22N2O2. The molecule has 0 aliphatic heterocycles. The van der Waals surface area contributed by atoms with Crippen molar-refractivity contribution in [3.63, 3.8) is 0 Å². The molecule has 0 bridgehead atoms. The van der Waals surface area contributed by atoms with E-state index in [4.69, 9.17) is 0 Å². The zero-order chi connectivity index (χ0) is 12.0. The average molecular weight is 214 g/mol. The van der Waals surface area contributed by atoms with Crippen LogP contribution in [0.25, 0.3) is 0 Å². The van der Waals surface area contributed by atoms with Gasteiger partial charge in [-0.2, -0.15) is 0 Å². The molecule has 0 rings (SSSR count). The third-order valence-electron chi connectivity index (χ3n) is 2.11. The largest absolute Gasteiger partial charge is 0.357 e. The first-order valence-electron chi connectivity index (χ1n) is 5.40. The second-order valence-electron chi connectivity index (χ2n) is 4.46. The highest BCUT2D eigenvalue weighted by Crippen LogP contribution is 2.06. The number of hydrogen-bond acceptors (Lipinski definition) is 2. The molecule has 0 spiro atoms. The van der Waals surface area contributed by atoms with Gasteiger partial charge in [0.15, 0.2) is 0 Å². The van der Waals surface area contributed by atoms with Gasteiger partial charge in [0.1, 0.15) is 6.04 Å². The highest BCUT2D eigenvalue weighted by molar-refractivity contribution is 5.88. The summed E-state index contributed by atoms with van der Waals surface area (Å²) in [5, 5.41) is 5.31. The van der Waals surface area contributed by atoms with Crippen LogP contribution in [-0.4, -0.2) is 24.9 Å². The molecule has 4 heteroatoms. The minimum absolute atomic E-state index is 0.0794. The molecule has 0 fully saturated rings. The third-order valence-corrected chi connectivity index (χ3v) is 2.11. The summed E-state index contributed by atoms with van der Waals surface area (Å²) in [5.41, 5.74) is 0. The molecule has 0 heterocycles. The number of rotatable bonds is 5. The van der Waals surface area contributed by atoms with Crippen molar-refractivity contribution in [1.82, 2.24) is 10.6 Å².